The second-order valence-electron chi connectivity index (χ2n) is 2.21. The maximum Gasteiger partial charge on any atom is 0.0688 e. The molecule has 56 valence electrons. The summed E-state index contributed by atoms with van der Waals surface area (Å²) in [6.45, 7) is 2.17. The first kappa shape index (κ1) is 9.21. The van der Waals surface area contributed by atoms with E-state index >= 15 is 0 Å². The molecule has 1 unspecified atom stereocenters. The van der Waals surface area contributed by atoms with E-state index in [1.807, 2.05) is 0 Å². The number of hydrogen-bond acceptors (Lipinski definition) is 2. The lowest BCUT2D eigenvalue weighted by atomic mass is 10.2. The molecule has 0 aromatic rings. The second-order valence-corrected chi connectivity index (χ2v) is 2.43. The highest BCUT2D eigenvalue weighted by Gasteiger charge is 1.96. The molecule has 0 bridgehead atoms. The fourth-order valence-corrected chi connectivity index (χ4v) is 0.778. The maximum absolute atomic E-state index is 5.47. The highest BCUT2D eigenvalue weighted by Crippen LogP contribution is 1.99. The van der Waals surface area contributed by atoms with E-state index in [9.17, 15) is 0 Å². The Morgan fingerprint density at radius 1 is 1.56 bits per heavy atom. The number of halogens is 1. The molecule has 0 aliphatic heterocycles. The summed E-state index contributed by atoms with van der Waals surface area (Å²) in [4.78, 5) is 2.47. The molecule has 0 aromatic carbocycles. The first-order chi connectivity index (χ1) is 4.31. The van der Waals surface area contributed by atoms with Crippen LogP contribution in [0, 0.1) is 0 Å². The zero-order valence-corrected chi connectivity index (χ0v) is 6.62. The molecular weight excluding hydrogens is 136 g/mol. The van der Waals surface area contributed by atoms with Crippen molar-refractivity contribution in [1.29, 1.82) is 0 Å². The van der Waals surface area contributed by atoms with E-state index in [2.05, 4.69) is 11.8 Å². The largest absolute Gasteiger partial charge is 0.315 e. The number of nitrogens with one attached hydrogen (secondary N) is 1. The zero-order valence-electron chi connectivity index (χ0n) is 5.86. The lowest BCUT2D eigenvalue weighted by Crippen LogP contribution is -2.30. The highest BCUT2D eigenvalue weighted by molar-refractivity contribution is 6.13. The highest BCUT2D eigenvalue weighted by atomic mass is 35.5. The van der Waals surface area contributed by atoms with Crippen LogP contribution in [0.2, 0.25) is 0 Å². The summed E-state index contributed by atoms with van der Waals surface area (Å²) in [7, 11) is 0. The molecule has 2 nitrogen and oxygen atoms in total. The van der Waals surface area contributed by atoms with E-state index in [1.165, 1.54) is 12.8 Å². The van der Waals surface area contributed by atoms with Crippen molar-refractivity contribution in [3.05, 3.63) is 0 Å². The molecule has 0 rings (SSSR count). The fraction of sp³-hybridized carbons (Fsp3) is 1.00. The number of unbranched alkanes of at least 4 members (excludes halogenated alkanes) is 2. The summed E-state index contributed by atoms with van der Waals surface area (Å²) in [5.74, 6) is 0. The third kappa shape index (κ3) is 6.09. The van der Waals surface area contributed by atoms with Crippen molar-refractivity contribution < 1.29 is 0 Å². The van der Waals surface area contributed by atoms with Gasteiger partial charge in [0.25, 0.3) is 0 Å². The third-order valence-electron chi connectivity index (χ3n) is 1.26. The van der Waals surface area contributed by atoms with Gasteiger partial charge in [-0.15, -0.1) is 0 Å². The minimum absolute atomic E-state index is 0.0294. The van der Waals surface area contributed by atoms with Gasteiger partial charge < -0.3 is 5.73 Å². The Balaban J connectivity index is 2.88. The van der Waals surface area contributed by atoms with E-state index in [-0.39, 0.29) is 6.17 Å². The number of nitrogens with two attached hydrogens (primary N) is 1. The summed E-state index contributed by atoms with van der Waals surface area (Å²) in [5, 5.41) is 0. The van der Waals surface area contributed by atoms with E-state index in [4.69, 9.17) is 17.5 Å². The second kappa shape index (κ2) is 6.33. The van der Waals surface area contributed by atoms with Crippen molar-refractivity contribution in [3.8, 4) is 0 Å². The van der Waals surface area contributed by atoms with Gasteiger partial charge in [0.15, 0.2) is 0 Å². The molecule has 3 N–H and O–H groups in total. The van der Waals surface area contributed by atoms with Gasteiger partial charge in [0.05, 0.1) is 6.17 Å². The first-order valence-electron chi connectivity index (χ1n) is 3.43. The molecule has 0 aromatic heterocycles. The van der Waals surface area contributed by atoms with Gasteiger partial charge in [-0.2, -0.15) is 0 Å². The molecule has 0 heterocycles. The molecule has 3 heteroatoms. The Morgan fingerprint density at radius 2 is 2.22 bits per heavy atom. The van der Waals surface area contributed by atoms with Gasteiger partial charge in [0.1, 0.15) is 0 Å². The van der Waals surface area contributed by atoms with Gasteiger partial charge in [0.2, 0.25) is 0 Å². The molecule has 0 saturated heterocycles. The number of hydrogen-bond donors (Lipinski definition) is 2. The topological polar surface area (TPSA) is 38.0 Å². The van der Waals surface area contributed by atoms with Crippen LogP contribution < -0.4 is 10.6 Å². The lowest BCUT2D eigenvalue weighted by molar-refractivity contribution is 0.547. The number of rotatable bonds is 5. The molecule has 0 aliphatic rings. The van der Waals surface area contributed by atoms with Gasteiger partial charge in [-0.05, 0) is 18.2 Å². The SMILES string of the molecule is CCCCCC(N)NCl. The molecular formula is C6H15ClN2. The minimum atomic E-state index is -0.0294. The van der Waals surface area contributed by atoms with E-state index in [0.717, 1.165) is 12.8 Å². The van der Waals surface area contributed by atoms with Crippen molar-refractivity contribution in [2.24, 2.45) is 5.73 Å². The van der Waals surface area contributed by atoms with Gasteiger partial charge in [0, 0.05) is 0 Å². The first-order valence-corrected chi connectivity index (χ1v) is 3.80. The van der Waals surface area contributed by atoms with Crippen molar-refractivity contribution >= 4 is 11.8 Å². The zero-order chi connectivity index (χ0) is 7.11. The molecule has 0 fully saturated rings. The summed E-state index contributed by atoms with van der Waals surface area (Å²) in [6, 6.07) is 0. The lowest BCUT2D eigenvalue weighted by Gasteiger charge is -2.06. The molecule has 0 radical (unpaired) electrons. The van der Waals surface area contributed by atoms with Crippen LogP contribution in [-0.4, -0.2) is 6.17 Å². The van der Waals surface area contributed by atoms with Crippen molar-refractivity contribution in [2.75, 3.05) is 0 Å². The van der Waals surface area contributed by atoms with E-state index < -0.39 is 0 Å². The smallest absolute Gasteiger partial charge is 0.0688 e. The summed E-state index contributed by atoms with van der Waals surface area (Å²) >= 11 is 5.26. The summed E-state index contributed by atoms with van der Waals surface area (Å²) < 4.78 is 0. The molecule has 9 heavy (non-hydrogen) atoms. The van der Waals surface area contributed by atoms with Crippen LogP contribution in [0.15, 0.2) is 0 Å². The van der Waals surface area contributed by atoms with Crippen LogP contribution in [0.25, 0.3) is 0 Å². The molecule has 0 spiro atoms. The van der Waals surface area contributed by atoms with Crippen molar-refractivity contribution in [2.45, 2.75) is 38.8 Å². The predicted molar refractivity (Wildman–Crippen MR) is 41.1 cm³/mol. The average molecular weight is 151 g/mol. The Bertz CT molecular complexity index is 59.0. The third-order valence-corrected chi connectivity index (χ3v) is 1.54. The Hall–Kier alpha value is 0.210. The molecule has 0 amide bonds. The van der Waals surface area contributed by atoms with Crippen LogP contribution >= 0.6 is 11.8 Å². The van der Waals surface area contributed by atoms with Crippen LogP contribution in [0.3, 0.4) is 0 Å². The van der Waals surface area contributed by atoms with Gasteiger partial charge in [-0.1, -0.05) is 26.2 Å². The van der Waals surface area contributed by atoms with Crippen LogP contribution in [0.1, 0.15) is 32.6 Å². The van der Waals surface area contributed by atoms with Gasteiger partial charge >= 0.3 is 0 Å². The van der Waals surface area contributed by atoms with Crippen LogP contribution in [-0.2, 0) is 0 Å². The van der Waals surface area contributed by atoms with E-state index in [0.29, 0.717) is 0 Å². The van der Waals surface area contributed by atoms with Gasteiger partial charge in [-0.3, -0.25) is 0 Å². The summed E-state index contributed by atoms with van der Waals surface area (Å²) in [5.41, 5.74) is 5.47. The van der Waals surface area contributed by atoms with E-state index in [1.54, 1.807) is 0 Å². The monoisotopic (exact) mass is 150 g/mol. The Kier molecular flexibility index (Phi) is 6.48. The predicted octanol–water partition coefficient (Wildman–Crippen LogP) is 1.59. The molecule has 0 aliphatic carbocycles. The molecule has 0 saturated carbocycles. The minimum Gasteiger partial charge on any atom is -0.315 e. The normalized spacial score (nSPS) is 13.7. The standard InChI is InChI=1S/C6H15ClN2/c1-2-3-4-5-6(8)9-7/h6,9H,2-5,8H2,1H3. The quantitative estimate of drug-likeness (QED) is 0.355. The van der Waals surface area contributed by atoms with Crippen molar-refractivity contribution in [3.63, 3.8) is 0 Å². The van der Waals surface area contributed by atoms with Crippen LogP contribution in [0.5, 0.6) is 0 Å². The fourth-order valence-electron chi connectivity index (χ4n) is 0.669. The van der Waals surface area contributed by atoms with Crippen molar-refractivity contribution in [1.82, 2.24) is 4.84 Å². The van der Waals surface area contributed by atoms with Crippen LogP contribution in [0.4, 0.5) is 0 Å². The maximum atomic E-state index is 5.47. The Morgan fingerprint density at radius 3 is 2.67 bits per heavy atom. The summed E-state index contributed by atoms with van der Waals surface area (Å²) in [6.07, 6.45) is 4.58. The Labute approximate surface area is 61.9 Å². The molecule has 1 atom stereocenters. The van der Waals surface area contributed by atoms with Gasteiger partial charge in [-0.25, -0.2) is 4.84 Å². The average Bonchev–Trinajstić information content (AvgIpc) is 1.89.